The predicted molar refractivity (Wildman–Crippen MR) is 155 cm³/mol. The molecule has 188 valence electrons. The highest BCUT2D eigenvalue weighted by molar-refractivity contribution is 7.00. The Balaban J connectivity index is 1.88. The van der Waals surface area contributed by atoms with Gasteiger partial charge in [-0.25, -0.2) is 0 Å². The third-order valence-electron chi connectivity index (χ3n) is 6.85. The van der Waals surface area contributed by atoms with Crippen LogP contribution >= 0.6 is 11.7 Å². The number of carbonyl (C=O) groups is 1. The highest BCUT2D eigenvalue weighted by Crippen LogP contribution is 2.42. The normalized spacial score (nSPS) is 12.1. The molecule has 0 atom stereocenters. The Morgan fingerprint density at radius 1 is 0.838 bits per heavy atom. The van der Waals surface area contributed by atoms with Gasteiger partial charge >= 0.3 is 0 Å². The molecule has 3 aromatic carbocycles. The first kappa shape index (κ1) is 26.4. The molecule has 0 aliphatic heterocycles. The third kappa shape index (κ3) is 5.26. The van der Waals surface area contributed by atoms with Gasteiger partial charge in [-0.1, -0.05) is 90.1 Å². The van der Waals surface area contributed by atoms with Gasteiger partial charge in [0, 0.05) is 11.1 Å². The first-order valence-corrected chi connectivity index (χ1v) is 13.5. The van der Waals surface area contributed by atoms with Crippen molar-refractivity contribution >= 4 is 34.6 Å². The van der Waals surface area contributed by atoms with Crippen molar-refractivity contribution in [3.8, 4) is 28.3 Å². The molecular weight excluding hydrogens is 474 g/mol. The number of carbonyl (C=O) groups excluding carboxylic acids is 1. The van der Waals surface area contributed by atoms with Gasteiger partial charge in [-0.3, -0.25) is 4.79 Å². The van der Waals surface area contributed by atoms with Crippen molar-refractivity contribution in [2.24, 2.45) is 0 Å². The van der Waals surface area contributed by atoms with E-state index in [2.05, 4.69) is 65.8 Å². The molecule has 0 saturated heterocycles. The van der Waals surface area contributed by atoms with Crippen LogP contribution in [0.15, 0.2) is 54.1 Å². The average molecular weight is 508 g/mol. The molecule has 5 heteroatoms. The summed E-state index contributed by atoms with van der Waals surface area (Å²) in [6, 6.07) is 18.9. The zero-order valence-electron chi connectivity index (χ0n) is 22.6. The lowest BCUT2D eigenvalue weighted by Gasteiger charge is -2.23. The quantitative estimate of drug-likeness (QED) is 0.185. The van der Waals surface area contributed by atoms with Gasteiger partial charge in [-0.05, 0) is 64.1 Å². The maximum absolute atomic E-state index is 11.6. The van der Waals surface area contributed by atoms with Crippen LogP contribution in [0.3, 0.4) is 0 Å². The van der Waals surface area contributed by atoms with Gasteiger partial charge < -0.3 is 0 Å². The number of nitriles is 1. The van der Waals surface area contributed by atoms with E-state index in [1.807, 2.05) is 30.3 Å². The first-order valence-electron chi connectivity index (χ1n) is 12.8. The van der Waals surface area contributed by atoms with Crippen LogP contribution in [0.1, 0.15) is 88.5 Å². The van der Waals surface area contributed by atoms with Crippen molar-refractivity contribution in [3.05, 3.63) is 76.4 Å². The van der Waals surface area contributed by atoms with E-state index in [9.17, 15) is 10.1 Å². The minimum absolute atomic E-state index is 0.147. The Bertz CT molecular complexity index is 1500. The van der Waals surface area contributed by atoms with Gasteiger partial charge in [0.1, 0.15) is 17.1 Å². The summed E-state index contributed by atoms with van der Waals surface area (Å²) >= 11 is 1.24. The van der Waals surface area contributed by atoms with Gasteiger partial charge in [0.25, 0.3) is 0 Å². The van der Waals surface area contributed by atoms with Gasteiger partial charge in [-0.15, -0.1) is 0 Å². The molecular formula is C32H33N3OS. The molecule has 4 aromatic rings. The molecule has 37 heavy (non-hydrogen) atoms. The first-order chi connectivity index (χ1) is 17.6. The molecule has 0 radical (unpaired) electrons. The van der Waals surface area contributed by atoms with Crippen LogP contribution in [0.25, 0.3) is 39.4 Å². The van der Waals surface area contributed by atoms with Crippen molar-refractivity contribution in [1.29, 1.82) is 5.26 Å². The molecule has 0 N–H and O–H groups in total. The van der Waals surface area contributed by atoms with Gasteiger partial charge in [0.05, 0.1) is 17.3 Å². The minimum atomic E-state index is -0.236. The summed E-state index contributed by atoms with van der Waals surface area (Å²) < 4.78 is 9.49. The van der Waals surface area contributed by atoms with Crippen LogP contribution in [-0.4, -0.2) is 14.5 Å². The summed E-state index contributed by atoms with van der Waals surface area (Å²) in [7, 11) is 0. The molecule has 1 heterocycles. The monoisotopic (exact) mass is 507 g/mol. The van der Waals surface area contributed by atoms with E-state index in [4.69, 9.17) is 8.75 Å². The standard InChI is InChI=1S/C32H33N3OS/c1-18(2)24-15-28(19(3)4)30(29(16-24)20(5)6)27-13-12-26(31-32(27)35-37-34-31)23-10-8-22(9-11-23)14-25(17-33)21(7)36/h8-16,18-20H,1-7H3/b25-14+. The second kappa shape index (κ2) is 10.8. The fourth-order valence-corrected chi connectivity index (χ4v) is 5.28. The lowest BCUT2D eigenvalue weighted by atomic mass is 9.81. The van der Waals surface area contributed by atoms with Crippen molar-refractivity contribution in [1.82, 2.24) is 8.75 Å². The van der Waals surface area contributed by atoms with Crippen LogP contribution in [0.4, 0.5) is 0 Å². The van der Waals surface area contributed by atoms with Gasteiger partial charge in [0.2, 0.25) is 0 Å². The highest BCUT2D eigenvalue weighted by Gasteiger charge is 2.22. The molecule has 0 aliphatic rings. The highest BCUT2D eigenvalue weighted by atomic mass is 32.1. The maximum Gasteiger partial charge on any atom is 0.170 e. The van der Waals surface area contributed by atoms with E-state index in [0.717, 1.165) is 33.3 Å². The summed E-state index contributed by atoms with van der Waals surface area (Å²) in [5.41, 5.74) is 11.3. The fraction of sp³-hybridized carbons (Fsp3) is 0.312. The van der Waals surface area contributed by atoms with Crippen LogP contribution in [0.2, 0.25) is 0 Å². The molecule has 4 nitrogen and oxygen atoms in total. The van der Waals surface area contributed by atoms with E-state index in [-0.39, 0.29) is 11.4 Å². The molecule has 0 amide bonds. The predicted octanol–water partition coefficient (Wildman–Crippen LogP) is 8.89. The van der Waals surface area contributed by atoms with Gasteiger partial charge in [-0.2, -0.15) is 14.0 Å². The number of hydrogen-bond donors (Lipinski definition) is 0. The molecule has 0 bridgehead atoms. The van der Waals surface area contributed by atoms with Crippen molar-refractivity contribution < 1.29 is 4.79 Å². The molecule has 4 rings (SSSR count). The second-order valence-corrected chi connectivity index (χ2v) is 11.0. The van der Waals surface area contributed by atoms with Crippen LogP contribution in [-0.2, 0) is 4.79 Å². The lowest BCUT2D eigenvalue weighted by molar-refractivity contribution is -0.113. The van der Waals surface area contributed by atoms with Crippen LogP contribution in [0, 0.1) is 11.3 Å². The number of Topliss-reactive ketones (excluding diaryl/α,β-unsaturated/α-hetero) is 1. The summed E-state index contributed by atoms with van der Waals surface area (Å²) in [5.74, 6) is 0.980. The van der Waals surface area contributed by atoms with E-state index in [0.29, 0.717) is 17.8 Å². The number of allylic oxidation sites excluding steroid dienone is 1. The SMILES string of the molecule is CC(=O)/C(C#N)=C/c1ccc(-c2ccc(-c3c(C(C)C)cc(C(C)C)cc3C(C)C)c3nsnc23)cc1. The molecule has 0 unspecified atom stereocenters. The Morgan fingerprint density at radius 2 is 1.38 bits per heavy atom. The van der Waals surface area contributed by atoms with Crippen molar-refractivity contribution in [2.45, 2.75) is 66.2 Å². The molecule has 0 aliphatic carbocycles. The van der Waals surface area contributed by atoms with Crippen LogP contribution < -0.4 is 0 Å². The summed E-state index contributed by atoms with van der Waals surface area (Å²) in [6.45, 7) is 15.0. The molecule has 0 fully saturated rings. The molecule has 0 saturated carbocycles. The van der Waals surface area contributed by atoms with E-state index in [1.54, 1.807) is 6.08 Å². The zero-order chi connectivity index (χ0) is 26.9. The number of nitrogens with zero attached hydrogens (tertiary/aromatic N) is 3. The average Bonchev–Trinajstić information content (AvgIpc) is 3.36. The van der Waals surface area contributed by atoms with Crippen molar-refractivity contribution in [3.63, 3.8) is 0 Å². The Labute approximate surface area is 224 Å². The smallest absolute Gasteiger partial charge is 0.170 e. The number of aromatic nitrogens is 2. The zero-order valence-corrected chi connectivity index (χ0v) is 23.4. The third-order valence-corrected chi connectivity index (χ3v) is 7.38. The number of rotatable bonds is 7. The number of ketones is 1. The second-order valence-electron chi connectivity index (χ2n) is 10.5. The molecule has 1 aromatic heterocycles. The number of fused-ring (bicyclic) bond motifs is 1. The maximum atomic E-state index is 11.6. The van der Waals surface area contributed by atoms with E-state index >= 15 is 0 Å². The number of benzene rings is 3. The lowest BCUT2D eigenvalue weighted by Crippen LogP contribution is -2.04. The minimum Gasteiger partial charge on any atom is -0.294 e. The van der Waals surface area contributed by atoms with Gasteiger partial charge in [0.15, 0.2) is 5.78 Å². The Hall–Kier alpha value is -3.62. The molecule has 0 spiro atoms. The largest absolute Gasteiger partial charge is 0.294 e. The van der Waals surface area contributed by atoms with Crippen LogP contribution in [0.5, 0.6) is 0 Å². The Morgan fingerprint density at radius 3 is 1.86 bits per heavy atom. The fourth-order valence-electron chi connectivity index (χ4n) is 4.71. The Kier molecular flexibility index (Phi) is 7.71. The summed E-state index contributed by atoms with van der Waals surface area (Å²) in [6.07, 6.45) is 1.62. The van der Waals surface area contributed by atoms with E-state index < -0.39 is 0 Å². The topological polar surface area (TPSA) is 66.6 Å². The van der Waals surface area contributed by atoms with E-state index in [1.165, 1.54) is 40.9 Å². The number of hydrogen-bond acceptors (Lipinski definition) is 5. The summed E-state index contributed by atoms with van der Waals surface area (Å²) in [4.78, 5) is 11.6. The van der Waals surface area contributed by atoms with Crippen molar-refractivity contribution in [2.75, 3.05) is 0 Å². The summed E-state index contributed by atoms with van der Waals surface area (Å²) in [5, 5.41) is 9.20.